The van der Waals surface area contributed by atoms with Gasteiger partial charge in [-0.2, -0.15) is 0 Å². The number of anilines is 1. The van der Waals surface area contributed by atoms with Gasteiger partial charge in [0, 0.05) is 11.3 Å². The Morgan fingerprint density at radius 1 is 1.15 bits per heavy atom. The average Bonchev–Trinajstić information content (AvgIpc) is 3.15. The lowest BCUT2D eigenvalue weighted by Crippen LogP contribution is -2.14. The van der Waals surface area contributed by atoms with E-state index in [1.54, 1.807) is 24.3 Å². The summed E-state index contributed by atoms with van der Waals surface area (Å²) in [5.74, 6) is -0.202. The van der Waals surface area contributed by atoms with Crippen LogP contribution >= 0.6 is 11.8 Å². The van der Waals surface area contributed by atoms with E-state index in [1.807, 2.05) is 31.2 Å². The summed E-state index contributed by atoms with van der Waals surface area (Å²) in [6.07, 6.45) is 0. The highest BCUT2D eigenvalue weighted by Gasteiger charge is 2.13. The summed E-state index contributed by atoms with van der Waals surface area (Å²) >= 11 is 1.14. The maximum atomic E-state index is 12.1. The molecule has 1 heterocycles. The second kappa shape index (κ2) is 8.50. The van der Waals surface area contributed by atoms with Crippen molar-refractivity contribution < 1.29 is 18.7 Å². The molecule has 3 rings (SSSR count). The molecule has 1 amide bonds. The number of aryl methyl sites for hydroxylation is 1. The van der Waals surface area contributed by atoms with Gasteiger partial charge in [0.1, 0.15) is 0 Å². The molecule has 8 heteroatoms. The molecular formula is C19H17N3O4S. The van der Waals surface area contributed by atoms with Crippen molar-refractivity contribution in [3.8, 4) is 11.5 Å². The van der Waals surface area contributed by atoms with Crippen LogP contribution in [0.15, 0.2) is 58.2 Å². The Morgan fingerprint density at radius 3 is 2.74 bits per heavy atom. The van der Waals surface area contributed by atoms with Crippen LogP contribution in [0.5, 0.6) is 0 Å². The smallest absolute Gasteiger partial charge is 0.337 e. The molecule has 0 fully saturated rings. The Kier molecular flexibility index (Phi) is 5.87. The van der Waals surface area contributed by atoms with Gasteiger partial charge in [-0.3, -0.25) is 4.79 Å². The number of esters is 1. The fourth-order valence-electron chi connectivity index (χ4n) is 2.36. The number of thioether (sulfide) groups is 1. The molecule has 0 radical (unpaired) electrons. The van der Waals surface area contributed by atoms with Crippen molar-refractivity contribution in [3.05, 3.63) is 59.7 Å². The molecule has 0 saturated carbocycles. The van der Waals surface area contributed by atoms with E-state index in [1.165, 1.54) is 7.11 Å². The van der Waals surface area contributed by atoms with E-state index in [2.05, 4.69) is 20.3 Å². The van der Waals surface area contributed by atoms with E-state index >= 15 is 0 Å². The first-order chi connectivity index (χ1) is 13.1. The first kappa shape index (κ1) is 18.7. The van der Waals surface area contributed by atoms with Crippen LogP contribution in [0, 0.1) is 6.92 Å². The van der Waals surface area contributed by atoms with Crippen LogP contribution in [0.25, 0.3) is 11.5 Å². The predicted molar refractivity (Wildman–Crippen MR) is 102 cm³/mol. The summed E-state index contributed by atoms with van der Waals surface area (Å²) < 4.78 is 10.3. The number of rotatable bonds is 6. The van der Waals surface area contributed by atoms with Gasteiger partial charge in [-0.15, -0.1) is 10.2 Å². The van der Waals surface area contributed by atoms with Crippen molar-refractivity contribution >= 4 is 29.3 Å². The monoisotopic (exact) mass is 383 g/mol. The van der Waals surface area contributed by atoms with Gasteiger partial charge in [0.25, 0.3) is 5.22 Å². The number of aromatic nitrogens is 2. The molecular weight excluding hydrogens is 366 g/mol. The zero-order valence-electron chi connectivity index (χ0n) is 14.8. The molecule has 0 spiro atoms. The number of hydrogen-bond donors (Lipinski definition) is 1. The minimum absolute atomic E-state index is 0.0951. The van der Waals surface area contributed by atoms with Crippen LogP contribution in [0.3, 0.4) is 0 Å². The fraction of sp³-hybridized carbons (Fsp3) is 0.158. The first-order valence-electron chi connectivity index (χ1n) is 8.07. The lowest BCUT2D eigenvalue weighted by molar-refractivity contribution is -0.113. The molecule has 0 aliphatic carbocycles. The third-order valence-electron chi connectivity index (χ3n) is 3.68. The highest BCUT2D eigenvalue weighted by Crippen LogP contribution is 2.25. The molecule has 3 aromatic rings. The molecule has 0 unspecified atom stereocenters. The molecule has 0 atom stereocenters. The molecule has 2 aromatic carbocycles. The fourth-order valence-corrected chi connectivity index (χ4v) is 2.92. The van der Waals surface area contributed by atoms with Crippen molar-refractivity contribution in [1.82, 2.24) is 10.2 Å². The molecule has 0 aliphatic heterocycles. The van der Waals surface area contributed by atoms with Gasteiger partial charge >= 0.3 is 5.97 Å². The largest absolute Gasteiger partial charge is 0.465 e. The number of methoxy groups -OCH3 is 1. The van der Waals surface area contributed by atoms with Crippen LogP contribution in [-0.2, 0) is 9.53 Å². The number of ether oxygens (including phenoxy) is 1. The van der Waals surface area contributed by atoms with Gasteiger partial charge in [-0.25, -0.2) is 4.79 Å². The molecule has 1 N–H and O–H groups in total. The number of amides is 1. The third-order valence-corrected chi connectivity index (χ3v) is 4.49. The number of benzene rings is 2. The zero-order chi connectivity index (χ0) is 19.2. The summed E-state index contributed by atoms with van der Waals surface area (Å²) in [7, 11) is 1.31. The number of hydrogen-bond acceptors (Lipinski definition) is 7. The van der Waals surface area contributed by atoms with Gasteiger partial charge in [0.15, 0.2) is 0 Å². The van der Waals surface area contributed by atoms with Crippen LogP contribution in [0.1, 0.15) is 15.9 Å². The maximum Gasteiger partial charge on any atom is 0.337 e. The predicted octanol–water partition coefficient (Wildman–Crippen LogP) is 3.56. The molecule has 1 aromatic heterocycles. The summed E-state index contributed by atoms with van der Waals surface area (Å²) in [6, 6.07) is 14.2. The Balaban J connectivity index is 1.59. The Bertz CT molecular complexity index is 971. The first-order valence-corrected chi connectivity index (χ1v) is 9.06. The molecule has 0 aliphatic rings. The average molecular weight is 383 g/mol. The van der Waals surface area contributed by atoms with Crippen LogP contribution in [0.2, 0.25) is 0 Å². The van der Waals surface area contributed by atoms with Crippen molar-refractivity contribution in [2.24, 2.45) is 0 Å². The standard InChI is InChI=1S/C19H17N3O4S/c1-12-6-3-4-9-15(12)17-21-22-19(26-17)27-11-16(23)20-14-8-5-7-13(10-14)18(24)25-2/h3-10H,11H2,1-2H3,(H,20,23). The van der Waals surface area contributed by atoms with Crippen molar-refractivity contribution in [2.45, 2.75) is 12.1 Å². The second-order valence-corrected chi connectivity index (χ2v) is 6.52. The van der Waals surface area contributed by atoms with Crippen LogP contribution in [-0.4, -0.2) is 34.9 Å². The summed E-state index contributed by atoms with van der Waals surface area (Å²) in [5, 5.41) is 11.0. The normalized spacial score (nSPS) is 10.4. The molecule has 7 nitrogen and oxygen atoms in total. The summed E-state index contributed by atoms with van der Waals surface area (Å²) in [6.45, 7) is 1.96. The van der Waals surface area contributed by atoms with E-state index in [4.69, 9.17) is 4.42 Å². The van der Waals surface area contributed by atoms with Gasteiger partial charge in [-0.05, 0) is 36.8 Å². The molecule has 138 valence electrons. The van der Waals surface area contributed by atoms with Gasteiger partial charge < -0.3 is 14.5 Å². The Hall–Kier alpha value is -3.13. The quantitative estimate of drug-likeness (QED) is 0.514. The third kappa shape index (κ3) is 4.73. The zero-order valence-corrected chi connectivity index (χ0v) is 15.6. The van der Waals surface area contributed by atoms with Crippen molar-refractivity contribution in [3.63, 3.8) is 0 Å². The highest BCUT2D eigenvalue weighted by molar-refractivity contribution is 7.99. The number of nitrogens with one attached hydrogen (secondary N) is 1. The lowest BCUT2D eigenvalue weighted by atomic mass is 10.1. The van der Waals surface area contributed by atoms with Crippen LogP contribution in [0.4, 0.5) is 5.69 Å². The number of nitrogens with zero attached hydrogens (tertiary/aromatic N) is 2. The Labute approximate surface area is 160 Å². The minimum Gasteiger partial charge on any atom is -0.465 e. The summed E-state index contributed by atoms with van der Waals surface area (Å²) in [5.41, 5.74) is 2.76. The SMILES string of the molecule is COC(=O)c1cccc(NC(=O)CSc2nnc(-c3ccccc3C)o2)c1. The number of carbonyl (C=O) groups is 2. The van der Waals surface area contributed by atoms with Gasteiger partial charge in [-0.1, -0.05) is 36.0 Å². The topological polar surface area (TPSA) is 94.3 Å². The molecule has 0 saturated heterocycles. The van der Waals surface area contributed by atoms with Crippen LogP contribution < -0.4 is 5.32 Å². The van der Waals surface area contributed by atoms with Gasteiger partial charge in [0.2, 0.25) is 11.8 Å². The number of carbonyl (C=O) groups excluding carboxylic acids is 2. The van der Waals surface area contributed by atoms with Crippen molar-refractivity contribution in [1.29, 1.82) is 0 Å². The highest BCUT2D eigenvalue weighted by atomic mass is 32.2. The van der Waals surface area contributed by atoms with E-state index in [0.29, 0.717) is 22.4 Å². The lowest BCUT2D eigenvalue weighted by Gasteiger charge is -2.05. The van der Waals surface area contributed by atoms with E-state index in [9.17, 15) is 9.59 Å². The second-order valence-electron chi connectivity index (χ2n) is 5.60. The van der Waals surface area contributed by atoms with Gasteiger partial charge in [0.05, 0.1) is 18.4 Å². The summed E-state index contributed by atoms with van der Waals surface area (Å²) in [4.78, 5) is 23.7. The minimum atomic E-state index is -0.463. The van der Waals surface area contributed by atoms with E-state index < -0.39 is 5.97 Å². The van der Waals surface area contributed by atoms with Crippen molar-refractivity contribution in [2.75, 3.05) is 18.2 Å². The molecule has 27 heavy (non-hydrogen) atoms. The van der Waals surface area contributed by atoms with E-state index in [-0.39, 0.29) is 11.7 Å². The van der Waals surface area contributed by atoms with E-state index in [0.717, 1.165) is 22.9 Å². The maximum absolute atomic E-state index is 12.1. The Morgan fingerprint density at radius 2 is 1.96 bits per heavy atom. The molecule has 0 bridgehead atoms.